The molecule has 0 fully saturated rings. The molecule has 0 aromatic carbocycles. The van der Waals surface area contributed by atoms with E-state index in [4.69, 9.17) is 9.72 Å². The van der Waals surface area contributed by atoms with Gasteiger partial charge >= 0.3 is 0 Å². The third kappa shape index (κ3) is 4.83. The fourth-order valence-corrected chi connectivity index (χ4v) is 6.41. The van der Waals surface area contributed by atoms with Crippen LogP contribution in [0, 0.1) is 6.92 Å². The van der Waals surface area contributed by atoms with E-state index in [-0.39, 0.29) is 24.4 Å². The van der Waals surface area contributed by atoms with Gasteiger partial charge in [0, 0.05) is 25.9 Å². The first-order valence-electron chi connectivity index (χ1n) is 12.1. The fraction of sp³-hybridized carbons (Fsp3) is 0.500. The molecule has 0 saturated heterocycles. The molecule has 1 atom stereocenters. The van der Waals surface area contributed by atoms with Crippen molar-refractivity contribution in [3.8, 4) is 5.75 Å². The van der Waals surface area contributed by atoms with Crippen LogP contribution in [0.25, 0.3) is 0 Å². The lowest BCUT2D eigenvalue weighted by atomic mass is 9.99. The molecule has 2 aliphatic rings. The third-order valence-corrected chi connectivity index (χ3v) is 8.18. The molecule has 12 heteroatoms. The molecule has 2 aliphatic heterocycles. The van der Waals surface area contributed by atoms with Crippen LogP contribution in [0.1, 0.15) is 59.3 Å². The standard InChI is InChI=1S/C24H30N6O4S2/c1-4-16-18(8-9-19(26-16)28-36(3,32)33)34-13-21(31)30-12-10-17-22(23(30)24-15(2)25-14-35-24)29-11-6-5-7-20(29)27-17/h8-9,14,23H,4-7,10-13H2,1-3H3,(H,26,28). The predicted octanol–water partition coefficient (Wildman–Crippen LogP) is 2.87. The van der Waals surface area contributed by atoms with E-state index in [1.807, 2.05) is 24.3 Å². The Bertz CT molecular complexity index is 1400. The molecule has 0 bridgehead atoms. The summed E-state index contributed by atoms with van der Waals surface area (Å²) >= 11 is 1.57. The highest BCUT2D eigenvalue weighted by molar-refractivity contribution is 7.92. The van der Waals surface area contributed by atoms with Crippen molar-refractivity contribution < 1.29 is 17.9 Å². The summed E-state index contributed by atoms with van der Waals surface area (Å²) < 4.78 is 33.7. The number of thiazole rings is 1. The number of anilines is 1. The molecule has 3 aromatic rings. The zero-order valence-electron chi connectivity index (χ0n) is 20.7. The number of aromatic nitrogens is 4. The molecular formula is C24H30N6O4S2. The molecule has 0 radical (unpaired) electrons. The smallest absolute Gasteiger partial charge is 0.261 e. The van der Waals surface area contributed by atoms with E-state index in [1.54, 1.807) is 17.4 Å². The Balaban J connectivity index is 1.41. The van der Waals surface area contributed by atoms with Gasteiger partial charge in [-0.1, -0.05) is 6.92 Å². The number of fused-ring (bicyclic) bond motifs is 3. The summed E-state index contributed by atoms with van der Waals surface area (Å²) in [7, 11) is -3.44. The van der Waals surface area contributed by atoms with Gasteiger partial charge < -0.3 is 14.2 Å². The molecule has 10 nitrogen and oxygen atoms in total. The number of ether oxygens (including phenoxy) is 1. The van der Waals surface area contributed by atoms with E-state index in [9.17, 15) is 13.2 Å². The Kier molecular flexibility index (Phi) is 6.73. The van der Waals surface area contributed by atoms with Crippen LogP contribution in [0.3, 0.4) is 0 Å². The molecular weight excluding hydrogens is 500 g/mol. The van der Waals surface area contributed by atoms with Crippen LogP contribution < -0.4 is 9.46 Å². The Labute approximate surface area is 214 Å². The summed E-state index contributed by atoms with van der Waals surface area (Å²) in [6.07, 6.45) is 5.53. The second-order valence-electron chi connectivity index (χ2n) is 9.17. The van der Waals surface area contributed by atoms with E-state index in [1.165, 1.54) is 6.07 Å². The minimum Gasteiger partial charge on any atom is -0.482 e. The lowest BCUT2D eigenvalue weighted by Crippen LogP contribution is -2.43. The minimum absolute atomic E-state index is 0.120. The number of carbonyl (C=O) groups excluding carboxylic acids is 1. The van der Waals surface area contributed by atoms with Gasteiger partial charge in [0.25, 0.3) is 5.91 Å². The normalized spacial score (nSPS) is 17.4. The average Bonchev–Trinajstić information content (AvgIpc) is 3.44. The van der Waals surface area contributed by atoms with Gasteiger partial charge in [-0.3, -0.25) is 9.52 Å². The highest BCUT2D eigenvalue weighted by Gasteiger charge is 2.39. The topological polar surface area (TPSA) is 119 Å². The Morgan fingerprint density at radius 2 is 2.06 bits per heavy atom. The van der Waals surface area contributed by atoms with E-state index in [0.717, 1.165) is 59.8 Å². The average molecular weight is 531 g/mol. The van der Waals surface area contributed by atoms with Crippen LogP contribution in [0.5, 0.6) is 5.75 Å². The number of carbonyl (C=O) groups is 1. The van der Waals surface area contributed by atoms with Crippen molar-refractivity contribution in [3.63, 3.8) is 0 Å². The molecule has 0 aliphatic carbocycles. The minimum atomic E-state index is -3.44. The van der Waals surface area contributed by atoms with Gasteiger partial charge in [-0.05, 0) is 38.3 Å². The van der Waals surface area contributed by atoms with Crippen LogP contribution in [0.4, 0.5) is 5.82 Å². The predicted molar refractivity (Wildman–Crippen MR) is 137 cm³/mol. The zero-order chi connectivity index (χ0) is 25.4. The van der Waals surface area contributed by atoms with Crippen LogP contribution in [-0.2, 0) is 40.6 Å². The zero-order valence-corrected chi connectivity index (χ0v) is 22.3. The van der Waals surface area contributed by atoms with E-state index in [0.29, 0.717) is 30.8 Å². The first-order valence-corrected chi connectivity index (χ1v) is 14.9. The maximum atomic E-state index is 13.6. The van der Waals surface area contributed by atoms with Gasteiger partial charge in [-0.15, -0.1) is 11.3 Å². The van der Waals surface area contributed by atoms with Crippen molar-refractivity contribution in [2.24, 2.45) is 0 Å². The van der Waals surface area contributed by atoms with E-state index in [2.05, 4.69) is 19.3 Å². The molecule has 5 rings (SSSR count). The summed E-state index contributed by atoms with van der Waals surface area (Å²) in [5, 5.41) is 0. The first kappa shape index (κ1) is 24.7. The van der Waals surface area contributed by atoms with Crippen LogP contribution in [0.15, 0.2) is 17.6 Å². The number of hydrogen-bond donors (Lipinski definition) is 1. The molecule has 192 valence electrons. The molecule has 36 heavy (non-hydrogen) atoms. The van der Waals surface area contributed by atoms with Crippen LogP contribution in [0.2, 0.25) is 0 Å². The summed E-state index contributed by atoms with van der Waals surface area (Å²) in [4.78, 5) is 30.3. The Morgan fingerprint density at radius 3 is 2.78 bits per heavy atom. The molecule has 1 N–H and O–H groups in total. The highest BCUT2D eigenvalue weighted by atomic mass is 32.2. The van der Waals surface area contributed by atoms with Crippen molar-refractivity contribution in [1.82, 2.24) is 24.4 Å². The quantitative estimate of drug-likeness (QED) is 0.499. The molecule has 1 amide bonds. The molecule has 1 unspecified atom stereocenters. The van der Waals surface area contributed by atoms with Crippen molar-refractivity contribution in [1.29, 1.82) is 0 Å². The third-order valence-electron chi connectivity index (χ3n) is 6.61. The second-order valence-corrected chi connectivity index (χ2v) is 11.8. The second kappa shape index (κ2) is 9.81. The summed E-state index contributed by atoms with van der Waals surface area (Å²) in [6.45, 7) is 5.22. The first-order chi connectivity index (χ1) is 17.2. The summed E-state index contributed by atoms with van der Waals surface area (Å²) in [6, 6.07) is 2.95. The lowest BCUT2D eigenvalue weighted by molar-refractivity contribution is -0.135. The van der Waals surface area contributed by atoms with Gasteiger partial charge in [-0.2, -0.15) is 0 Å². The molecule has 5 heterocycles. The van der Waals surface area contributed by atoms with E-state index < -0.39 is 10.0 Å². The van der Waals surface area contributed by atoms with Gasteiger partial charge in [0.15, 0.2) is 6.61 Å². The number of imidazole rings is 1. The number of hydrogen-bond acceptors (Lipinski definition) is 8. The van der Waals surface area contributed by atoms with Crippen LogP contribution in [-0.4, -0.2) is 58.2 Å². The number of nitrogens with zero attached hydrogens (tertiary/aromatic N) is 5. The maximum Gasteiger partial charge on any atom is 0.261 e. The number of sulfonamides is 1. The maximum absolute atomic E-state index is 13.6. The van der Waals surface area contributed by atoms with Crippen LogP contribution >= 0.6 is 11.3 Å². The SMILES string of the molecule is CCc1nc(NS(C)(=O)=O)ccc1OCC(=O)N1CCc2nc3n(c2C1c1scnc1C)CCCC3. The number of pyridine rings is 1. The lowest BCUT2D eigenvalue weighted by Gasteiger charge is -2.36. The molecule has 0 spiro atoms. The van der Waals surface area contributed by atoms with Gasteiger partial charge in [0.1, 0.15) is 23.4 Å². The van der Waals surface area contributed by atoms with Gasteiger partial charge in [0.2, 0.25) is 10.0 Å². The van der Waals surface area contributed by atoms with Gasteiger partial charge in [-0.25, -0.2) is 23.4 Å². The molecule has 3 aromatic heterocycles. The van der Waals surface area contributed by atoms with Crippen molar-refractivity contribution in [2.45, 2.75) is 58.5 Å². The highest BCUT2D eigenvalue weighted by Crippen LogP contribution is 2.40. The fourth-order valence-electron chi connectivity index (χ4n) is 5.00. The number of nitrogens with one attached hydrogen (secondary N) is 1. The number of rotatable bonds is 7. The Morgan fingerprint density at radius 1 is 1.22 bits per heavy atom. The largest absolute Gasteiger partial charge is 0.482 e. The number of aryl methyl sites for hydroxylation is 3. The Hall–Kier alpha value is -2.99. The molecule has 0 saturated carbocycles. The monoisotopic (exact) mass is 530 g/mol. The van der Waals surface area contributed by atoms with Crippen molar-refractivity contribution >= 4 is 33.1 Å². The van der Waals surface area contributed by atoms with Crippen molar-refractivity contribution in [2.75, 3.05) is 24.1 Å². The van der Waals surface area contributed by atoms with Crippen molar-refractivity contribution in [3.05, 3.63) is 51.1 Å². The summed E-state index contributed by atoms with van der Waals surface area (Å²) in [5.41, 5.74) is 5.54. The van der Waals surface area contributed by atoms with E-state index >= 15 is 0 Å². The summed E-state index contributed by atoms with van der Waals surface area (Å²) in [5.74, 6) is 1.69. The number of amides is 1. The van der Waals surface area contributed by atoms with Gasteiger partial charge in [0.05, 0.1) is 39.4 Å².